The maximum absolute atomic E-state index is 13.7. The summed E-state index contributed by atoms with van der Waals surface area (Å²) in [6.07, 6.45) is 1.03. The molecule has 19 heavy (non-hydrogen) atoms. The van der Waals surface area contributed by atoms with Gasteiger partial charge in [0.05, 0.1) is 10.5 Å². The van der Waals surface area contributed by atoms with E-state index < -0.39 is 40.3 Å². The standard InChI is InChI=1S/C10H6F3NO5/c11-9-5(1-4-8(15)16)6(14(17)18)2-3-7(9)19-10(12)13/h1-4,10H,(H,15,16)/b4-1+. The van der Waals surface area contributed by atoms with Gasteiger partial charge in [-0.2, -0.15) is 8.78 Å². The van der Waals surface area contributed by atoms with Crippen molar-refractivity contribution in [1.82, 2.24) is 0 Å². The number of nitro benzene ring substituents is 1. The molecule has 0 saturated carbocycles. The maximum Gasteiger partial charge on any atom is 0.387 e. The average molecular weight is 277 g/mol. The summed E-state index contributed by atoms with van der Waals surface area (Å²) in [6, 6.07) is 1.40. The van der Waals surface area contributed by atoms with E-state index in [-0.39, 0.29) is 0 Å². The predicted octanol–water partition coefficient (Wildman–Crippen LogP) is 2.43. The number of halogens is 3. The number of hydrogen-bond donors (Lipinski definition) is 1. The molecule has 0 aliphatic rings. The molecular formula is C10H6F3NO5. The van der Waals surface area contributed by atoms with E-state index in [1.807, 2.05) is 0 Å². The first-order chi connectivity index (χ1) is 8.82. The van der Waals surface area contributed by atoms with Gasteiger partial charge in [0.25, 0.3) is 5.69 Å². The molecule has 0 radical (unpaired) electrons. The molecule has 0 bridgehead atoms. The molecule has 0 aliphatic heterocycles. The van der Waals surface area contributed by atoms with Gasteiger partial charge in [0.2, 0.25) is 0 Å². The van der Waals surface area contributed by atoms with Crippen molar-refractivity contribution in [2.45, 2.75) is 6.61 Å². The predicted molar refractivity (Wildman–Crippen MR) is 56.4 cm³/mol. The van der Waals surface area contributed by atoms with E-state index in [0.717, 1.165) is 6.07 Å². The van der Waals surface area contributed by atoms with Gasteiger partial charge in [-0.25, -0.2) is 9.18 Å². The summed E-state index contributed by atoms with van der Waals surface area (Å²) in [6.45, 7) is -3.31. The van der Waals surface area contributed by atoms with Gasteiger partial charge in [-0.3, -0.25) is 10.1 Å². The number of carboxylic acids is 1. The lowest BCUT2D eigenvalue weighted by atomic mass is 10.1. The van der Waals surface area contributed by atoms with Crippen molar-refractivity contribution in [2.24, 2.45) is 0 Å². The lowest BCUT2D eigenvalue weighted by molar-refractivity contribution is -0.385. The Balaban J connectivity index is 3.35. The van der Waals surface area contributed by atoms with E-state index in [0.29, 0.717) is 18.2 Å². The van der Waals surface area contributed by atoms with E-state index in [2.05, 4.69) is 4.74 Å². The van der Waals surface area contributed by atoms with Crippen molar-refractivity contribution in [3.63, 3.8) is 0 Å². The van der Waals surface area contributed by atoms with Crippen LogP contribution in [-0.2, 0) is 4.79 Å². The smallest absolute Gasteiger partial charge is 0.387 e. The molecule has 1 aromatic rings. The molecule has 0 amide bonds. The Morgan fingerprint density at radius 2 is 2.11 bits per heavy atom. The minimum absolute atomic E-state index is 0.442. The zero-order valence-corrected chi connectivity index (χ0v) is 9.05. The number of nitrogens with zero attached hydrogens (tertiary/aromatic N) is 1. The molecule has 1 N–H and O–H groups in total. The minimum Gasteiger partial charge on any atom is -0.478 e. The van der Waals surface area contributed by atoms with E-state index >= 15 is 0 Å². The second-order valence-electron chi connectivity index (χ2n) is 3.12. The normalized spacial score (nSPS) is 10.9. The zero-order chi connectivity index (χ0) is 14.6. The maximum atomic E-state index is 13.7. The summed E-state index contributed by atoms with van der Waals surface area (Å²) in [5, 5.41) is 19.0. The van der Waals surface area contributed by atoms with E-state index in [9.17, 15) is 28.1 Å². The highest BCUT2D eigenvalue weighted by atomic mass is 19.3. The van der Waals surface area contributed by atoms with Gasteiger partial charge in [0, 0.05) is 12.1 Å². The summed E-state index contributed by atoms with van der Waals surface area (Å²) in [4.78, 5) is 19.9. The fourth-order valence-electron chi connectivity index (χ4n) is 1.22. The van der Waals surface area contributed by atoms with Crippen LogP contribution in [0.2, 0.25) is 0 Å². The summed E-state index contributed by atoms with van der Waals surface area (Å²) in [7, 11) is 0. The Labute approximate surface area is 103 Å². The molecule has 1 aromatic carbocycles. The minimum atomic E-state index is -3.31. The van der Waals surface area contributed by atoms with Crippen LogP contribution in [0.5, 0.6) is 5.75 Å². The van der Waals surface area contributed by atoms with Crippen molar-refractivity contribution in [3.8, 4) is 5.75 Å². The fraction of sp³-hybridized carbons (Fsp3) is 0.100. The van der Waals surface area contributed by atoms with Crippen LogP contribution in [0.1, 0.15) is 5.56 Å². The molecule has 0 fully saturated rings. The summed E-state index contributed by atoms with van der Waals surface area (Å²) in [5.74, 6) is -3.83. The molecule has 0 saturated heterocycles. The molecule has 1 rings (SSSR count). The van der Waals surface area contributed by atoms with Gasteiger partial charge < -0.3 is 9.84 Å². The number of carbonyl (C=O) groups is 1. The highest BCUT2D eigenvalue weighted by Crippen LogP contribution is 2.30. The van der Waals surface area contributed by atoms with E-state index in [1.54, 1.807) is 0 Å². The number of carboxylic acid groups (broad SMARTS) is 1. The number of rotatable bonds is 5. The van der Waals surface area contributed by atoms with Crippen LogP contribution in [0.3, 0.4) is 0 Å². The molecule has 0 aliphatic carbocycles. The van der Waals surface area contributed by atoms with Crippen molar-refractivity contribution in [2.75, 3.05) is 0 Å². The fourth-order valence-corrected chi connectivity index (χ4v) is 1.22. The Hall–Kier alpha value is -2.58. The Bertz CT molecular complexity index is 544. The highest BCUT2D eigenvalue weighted by molar-refractivity contribution is 5.86. The van der Waals surface area contributed by atoms with Gasteiger partial charge >= 0.3 is 12.6 Å². The quantitative estimate of drug-likeness (QED) is 0.507. The molecule has 0 atom stereocenters. The Morgan fingerprint density at radius 3 is 2.58 bits per heavy atom. The molecule has 0 aromatic heterocycles. The van der Waals surface area contributed by atoms with Gasteiger partial charge in [0.15, 0.2) is 11.6 Å². The topological polar surface area (TPSA) is 89.7 Å². The van der Waals surface area contributed by atoms with Crippen LogP contribution in [0.4, 0.5) is 18.9 Å². The number of ether oxygens (including phenoxy) is 1. The summed E-state index contributed by atoms with van der Waals surface area (Å²) in [5.41, 5.74) is -1.53. The molecule has 6 nitrogen and oxygen atoms in total. The van der Waals surface area contributed by atoms with Crippen LogP contribution in [0.15, 0.2) is 18.2 Å². The number of benzene rings is 1. The van der Waals surface area contributed by atoms with Crippen LogP contribution < -0.4 is 4.74 Å². The highest BCUT2D eigenvalue weighted by Gasteiger charge is 2.21. The number of hydrogen-bond acceptors (Lipinski definition) is 4. The van der Waals surface area contributed by atoms with Gasteiger partial charge in [-0.05, 0) is 12.1 Å². The first-order valence-electron chi connectivity index (χ1n) is 4.65. The third kappa shape index (κ3) is 3.69. The lowest BCUT2D eigenvalue weighted by Gasteiger charge is -2.07. The average Bonchev–Trinajstić information content (AvgIpc) is 2.28. The second-order valence-corrected chi connectivity index (χ2v) is 3.12. The summed E-state index contributed by atoms with van der Waals surface area (Å²) < 4.78 is 41.5. The SMILES string of the molecule is O=C(O)/C=C/c1c([N+](=O)[O-])ccc(OC(F)F)c1F. The van der Waals surface area contributed by atoms with Crippen LogP contribution in [0, 0.1) is 15.9 Å². The number of aliphatic carboxylic acids is 1. The Morgan fingerprint density at radius 1 is 1.47 bits per heavy atom. The number of nitro groups is 1. The molecule has 0 heterocycles. The second kappa shape index (κ2) is 5.85. The lowest BCUT2D eigenvalue weighted by Crippen LogP contribution is -2.05. The van der Waals surface area contributed by atoms with Crippen LogP contribution in [0.25, 0.3) is 6.08 Å². The molecular weight excluding hydrogens is 271 g/mol. The van der Waals surface area contributed by atoms with Crippen molar-refractivity contribution in [1.29, 1.82) is 0 Å². The third-order valence-corrected chi connectivity index (χ3v) is 1.93. The molecule has 0 unspecified atom stereocenters. The van der Waals surface area contributed by atoms with Crippen LogP contribution in [-0.4, -0.2) is 22.6 Å². The van der Waals surface area contributed by atoms with Crippen LogP contribution >= 0.6 is 0 Å². The van der Waals surface area contributed by atoms with Crippen molar-refractivity contribution in [3.05, 3.63) is 39.7 Å². The van der Waals surface area contributed by atoms with Gasteiger partial charge in [-0.15, -0.1) is 0 Å². The van der Waals surface area contributed by atoms with Gasteiger partial charge in [0.1, 0.15) is 0 Å². The first-order valence-corrected chi connectivity index (χ1v) is 4.65. The Kier molecular flexibility index (Phi) is 4.46. The summed E-state index contributed by atoms with van der Waals surface area (Å²) >= 11 is 0. The van der Waals surface area contributed by atoms with Crippen molar-refractivity contribution < 1.29 is 32.7 Å². The van der Waals surface area contributed by atoms with Gasteiger partial charge in [-0.1, -0.05) is 0 Å². The number of alkyl halides is 2. The zero-order valence-electron chi connectivity index (χ0n) is 9.05. The van der Waals surface area contributed by atoms with Crippen molar-refractivity contribution >= 4 is 17.7 Å². The van der Waals surface area contributed by atoms with E-state index in [4.69, 9.17) is 5.11 Å². The largest absolute Gasteiger partial charge is 0.478 e. The van der Waals surface area contributed by atoms with E-state index in [1.165, 1.54) is 0 Å². The molecule has 0 spiro atoms. The molecule has 102 valence electrons. The first kappa shape index (κ1) is 14.5. The monoisotopic (exact) mass is 277 g/mol. The molecule has 9 heteroatoms. The third-order valence-electron chi connectivity index (χ3n) is 1.93.